The summed E-state index contributed by atoms with van der Waals surface area (Å²) in [6, 6.07) is 6.68. The summed E-state index contributed by atoms with van der Waals surface area (Å²) in [5, 5.41) is 4.68. The molecule has 0 amide bonds. The fraction of sp³-hybridized carbons (Fsp3) is 0.500. The zero-order chi connectivity index (χ0) is 14.1. The van der Waals surface area contributed by atoms with Crippen LogP contribution in [0.2, 0.25) is 0 Å². The number of fused-ring (bicyclic) bond motifs is 1. The Morgan fingerprint density at radius 2 is 1.90 bits per heavy atom. The maximum atomic E-state index is 5.79. The van der Waals surface area contributed by atoms with Gasteiger partial charge in [0.1, 0.15) is 12.1 Å². The van der Waals surface area contributed by atoms with Gasteiger partial charge in [-0.15, -0.1) is 0 Å². The second kappa shape index (κ2) is 5.37. The van der Waals surface area contributed by atoms with Crippen LogP contribution in [0.15, 0.2) is 24.5 Å². The number of aryl methyl sites for hydroxylation is 1. The monoisotopic (exact) mass is 271 g/mol. The van der Waals surface area contributed by atoms with E-state index in [9.17, 15) is 0 Å². The summed E-state index contributed by atoms with van der Waals surface area (Å²) in [5.41, 5.74) is 2.21. The minimum absolute atomic E-state index is 0.297. The fourth-order valence-corrected chi connectivity index (χ4v) is 3.00. The molecule has 0 bridgehead atoms. The maximum absolute atomic E-state index is 5.79. The van der Waals surface area contributed by atoms with Crippen LogP contribution < -0.4 is 5.32 Å². The number of benzene rings is 1. The molecule has 1 saturated heterocycles. The number of ether oxygens (including phenoxy) is 1. The van der Waals surface area contributed by atoms with E-state index in [1.165, 1.54) is 5.56 Å². The van der Waals surface area contributed by atoms with E-state index in [2.05, 4.69) is 48.2 Å². The molecule has 3 rings (SSSR count). The van der Waals surface area contributed by atoms with Crippen molar-refractivity contribution in [1.82, 2.24) is 9.97 Å². The van der Waals surface area contributed by atoms with Gasteiger partial charge in [0.2, 0.25) is 0 Å². The molecule has 1 aromatic carbocycles. The van der Waals surface area contributed by atoms with E-state index in [4.69, 9.17) is 4.74 Å². The lowest BCUT2D eigenvalue weighted by atomic mass is 9.99. The molecule has 2 aromatic rings. The Bertz CT molecular complexity index is 604. The Labute approximate surface area is 119 Å². The van der Waals surface area contributed by atoms with Gasteiger partial charge in [-0.05, 0) is 45.7 Å². The van der Waals surface area contributed by atoms with Crippen molar-refractivity contribution in [2.45, 2.75) is 51.9 Å². The van der Waals surface area contributed by atoms with Gasteiger partial charge in [-0.2, -0.15) is 0 Å². The molecule has 2 atom stereocenters. The van der Waals surface area contributed by atoms with Gasteiger partial charge >= 0.3 is 0 Å². The largest absolute Gasteiger partial charge is 0.375 e. The SMILES string of the molecule is Cc1ccc2ncnc(NC3CC(C)OC(C)C3)c2c1. The molecule has 4 heteroatoms. The Morgan fingerprint density at radius 3 is 2.65 bits per heavy atom. The number of nitrogens with one attached hydrogen (secondary N) is 1. The van der Waals surface area contributed by atoms with Crippen LogP contribution >= 0.6 is 0 Å². The standard InChI is InChI=1S/C16H21N3O/c1-10-4-5-15-14(6-10)16(18-9-17-15)19-13-7-11(2)20-12(3)8-13/h4-6,9,11-13H,7-8H2,1-3H3,(H,17,18,19). The average molecular weight is 271 g/mol. The van der Waals surface area contributed by atoms with Crippen molar-refractivity contribution < 1.29 is 4.74 Å². The van der Waals surface area contributed by atoms with Gasteiger partial charge in [-0.3, -0.25) is 0 Å². The van der Waals surface area contributed by atoms with E-state index < -0.39 is 0 Å². The highest BCUT2D eigenvalue weighted by atomic mass is 16.5. The molecule has 2 heterocycles. The molecule has 0 radical (unpaired) electrons. The van der Waals surface area contributed by atoms with Crippen molar-refractivity contribution in [3.8, 4) is 0 Å². The molecule has 1 fully saturated rings. The zero-order valence-corrected chi connectivity index (χ0v) is 12.3. The van der Waals surface area contributed by atoms with Gasteiger partial charge in [-0.1, -0.05) is 11.6 Å². The van der Waals surface area contributed by atoms with E-state index in [1.807, 2.05) is 6.07 Å². The predicted molar refractivity (Wildman–Crippen MR) is 80.9 cm³/mol. The topological polar surface area (TPSA) is 47.0 Å². The van der Waals surface area contributed by atoms with Crippen molar-refractivity contribution in [3.63, 3.8) is 0 Å². The minimum atomic E-state index is 0.297. The first-order valence-electron chi connectivity index (χ1n) is 7.25. The highest BCUT2D eigenvalue weighted by Gasteiger charge is 2.24. The summed E-state index contributed by atoms with van der Waals surface area (Å²) in [6.45, 7) is 6.36. The highest BCUT2D eigenvalue weighted by Crippen LogP contribution is 2.25. The van der Waals surface area contributed by atoms with Crippen LogP contribution in [0.25, 0.3) is 10.9 Å². The summed E-state index contributed by atoms with van der Waals surface area (Å²) in [6.07, 6.45) is 4.26. The number of anilines is 1. The van der Waals surface area contributed by atoms with Crippen LogP contribution in [0.5, 0.6) is 0 Å². The summed E-state index contributed by atoms with van der Waals surface area (Å²) < 4.78 is 5.79. The molecule has 1 aromatic heterocycles. The maximum Gasteiger partial charge on any atom is 0.137 e. The lowest BCUT2D eigenvalue weighted by molar-refractivity contribution is -0.0338. The molecule has 1 aliphatic rings. The first kappa shape index (κ1) is 13.3. The molecule has 4 nitrogen and oxygen atoms in total. The molecule has 2 unspecified atom stereocenters. The Kier molecular flexibility index (Phi) is 3.57. The lowest BCUT2D eigenvalue weighted by Gasteiger charge is -2.33. The van der Waals surface area contributed by atoms with Gasteiger partial charge in [-0.25, -0.2) is 9.97 Å². The molecule has 0 spiro atoms. The number of rotatable bonds is 2. The van der Waals surface area contributed by atoms with Gasteiger partial charge in [0.15, 0.2) is 0 Å². The fourth-order valence-electron chi connectivity index (χ4n) is 3.00. The summed E-state index contributed by atoms with van der Waals surface area (Å²) >= 11 is 0. The first-order chi connectivity index (χ1) is 9.61. The molecule has 106 valence electrons. The van der Waals surface area contributed by atoms with Crippen molar-refractivity contribution in [1.29, 1.82) is 0 Å². The summed E-state index contributed by atoms with van der Waals surface area (Å²) in [5.74, 6) is 0.935. The molecule has 0 aliphatic carbocycles. The number of aromatic nitrogens is 2. The van der Waals surface area contributed by atoms with E-state index in [1.54, 1.807) is 6.33 Å². The predicted octanol–water partition coefficient (Wildman–Crippen LogP) is 3.31. The third-order valence-electron chi connectivity index (χ3n) is 3.83. The Balaban J connectivity index is 1.88. The third-order valence-corrected chi connectivity index (χ3v) is 3.83. The molecule has 0 saturated carbocycles. The first-order valence-corrected chi connectivity index (χ1v) is 7.25. The molecule has 20 heavy (non-hydrogen) atoms. The van der Waals surface area contributed by atoms with E-state index >= 15 is 0 Å². The Hall–Kier alpha value is -1.68. The van der Waals surface area contributed by atoms with Crippen LogP contribution in [-0.4, -0.2) is 28.2 Å². The van der Waals surface area contributed by atoms with Crippen LogP contribution in [0.1, 0.15) is 32.3 Å². The molecule has 1 N–H and O–H groups in total. The van der Waals surface area contributed by atoms with Crippen LogP contribution in [0.3, 0.4) is 0 Å². The number of hydrogen-bond donors (Lipinski definition) is 1. The van der Waals surface area contributed by atoms with Crippen molar-refractivity contribution in [3.05, 3.63) is 30.1 Å². The van der Waals surface area contributed by atoms with Crippen molar-refractivity contribution in [2.24, 2.45) is 0 Å². The summed E-state index contributed by atoms with van der Waals surface area (Å²) in [7, 11) is 0. The van der Waals surface area contributed by atoms with Gasteiger partial charge in [0, 0.05) is 11.4 Å². The lowest BCUT2D eigenvalue weighted by Crippen LogP contribution is -2.37. The van der Waals surface area contributed by atoms with Crippen LogP contribution in [0.4, 0.5) is 5.82 Å². The third kappa shape index (κ3) is 2.75. The second-order valence-electron chi connectivity index (χ2n) is 5.81. The van der Waals surface area contributed by atoms with Crippen molar-refractivity contribution in [2.75, 3.05) is 5.32 Å². The number of hydrogen-bond acceptors (Lipinski definition) is 4. The molecule has 1 aliphatic heterocycles. The highest BCUT2D eigenvalue weighted by molar-refractivity contribution is 5.89. The van der Waals surface area contributed by atoms with Crippen LogP contribution in [0, 0.1) is 6.92 Å². The van der Waals surface area contributed by atoms with E-state index in [-0.39, 0.29) is 0 Å². The normalized spacial score (nSPS) is 26.6. The minimum Gasteiger partial charge on any atom is -0.375 e. The second-order valence-corrected chi connectivity index (χ2v) is 5.81. The van der Waals surface area contributed by atoms with E-state index in [0.717, 1.165) is 29.6 Å². The van der Waals surface area contributed by atoms with Gasteiger partial charge in [0.25, 0.3) is 0 Å². The van der Waals surface area contributed by atoms with Crippen molar-refractivity contribution >= 4 is 16.7 Å². The molecular formula is C16H21N3O. The summed E-state index contributed by atoms with van der Waals surface area (Å²) in [4.78, 5) is 8.76. The van der Waals surface area contributed by atoms with E-state index in [0.29, 0.717) is 18.2 Å². The van der Waals surface area contributed by atoms with Gasteiger partial charge in [0.05, 0.1) is 17.7 Å². The number of nitrogens with zero attached hydrogens (tertiary/aromatic N) is 2. The quantitative estimate of drug-likeness (QED) is 0.910. The Morgan fingerprint density at radius 1 is 1.15 bits per heavy atom. The zero-order valence-electron chi connectivity index (χ0n) is 12.3. The smallest absolute Gasteiger partial charge is 0.137 e. The average Bonchev–Trinajstić information content (AvgIpc) is 2.38. The molecular weight excluding hydrogens is 250 g/mol. The van der Waals surface area contributed by atoms with Gasteiger partial charge < -0.3 is 10.1 Å². The van der Waals surface area contributed by atoms with Crippen LogP contribution in [-0.2, 0) is 4.74 Å².